The van der Waals surface area contributed by atoms with E-state index in [1.165, 1.54) is 5.56 Å². The summed E-state index contributed by atoms with van der Waals surface area (Å²) < 4.78 is 8.29. The molecule has 30 heavy (non-hydrogen) atoms. The Kier molecular flexibility index (Phi) is 5.38. The minimum absolute atomic E-state index is 0.0925. The summed E-state index contributed by atoms with van der Waals surface area (Å²) >= 11 is 0. The summed E-state index contributed by atoms with van der Waals surface area (Å²) in [6, 6.07) is 15.7. The average Bonchev–Trinajstić information content (AvgIpc) is 3.11. The van der Waals surface area contributed by atoms with Gasteiger partial charge in [-0.2, -0.15) is 0 Å². The molecule has 158 valence electrons. The molecule has 1 fully saturated rings. The van der Waals surface area contributed by atoms with E-state index in [1.807, 2.05) is 16.8 Å². The molecule has 0 spiro atoms. The quantitative estimate of drug-likeness (QED) is 0.666. The molecule has 0 unspecified atom stereocenters. The van der Waals surface area contributed by atoms with Crippen molar-refractivity contribution in [3.63, 3.8) is 0 Å². The van der Waals surface area contributed by atoms with E-state index < -0.39 is 0 Å². The lowest BCUT2D eigenvalue weighted by molar-refractivity contribution is -0.930. The number of benzene rings is 2. The molecular weight excluding hydrogens is 376 g/mol. The van der Waals surface area contributed by atoms with Crippen LogP contribution in [-0.2, 0) is 16.7 Å². The van der Waals surface area contributed by atoms with Gasteiger partial charge in [-0.3, -0.25) is 0 Å². The average molecular weight is 408 g/mol. The van der Waals surface area contributed by atoms with Gasteiger partial charge in [0.15, 0.2) is 5.82 Å². The molecule has 0 radical (unpaired) electrons. The van der Waals surface area contributed by atoms with Crippen LogP contribution in [0.4, 0.5) is 0 Å². The van der Waals surface area contributed by atoms with E-state index in [9.17, 15) is 5.11 Å². The zero-order valence-electron chi connectivity index (χ0n) is 18.3. The van der Waals surface area contributed by atoms with E-state index in [4.69, 9.17) is 14.8 Å². The van der Waals surface area contributed by atoms with E-state index in [1.54, 1.807) is 12.1 Å². The van der Waals surface area contributed by atoms with Crippen LogP contribution in [0.3, 0.4) is 0 Å². The molecule has 1 aliphatic rings. The SMILES string of the molecule is CC(C)(C)c1ccc(-n2nc(C[N+]3(C)CCOCC3)nc2-c2cccc(O)c2)cc1. The Morgan fingerprint density at radius 1 is 1.07 bits per heavy atom. The van der Waals surface area contributed by atoms with Crippen molar-refractivity contribution in [3.05, 3.63) is 59.9 Å². The van der Waals surface area contributed by atoms with Crippen molar-refractivity contribution in [3.8, 4) is 22.8 Å². The van der Waals surface area contributed by atoms with Gasteiger partial charge < -0.3 is 14.3 Å². The molecule has 4 rings (SSSR count). The van der Waals surface area contributed by atoms with Crippen molar-refractivity contribution in [2.45, 2.75) is 32.7 Å². The third-order valence-electron chi connectivity index (χ3n) is 5.81. The maximum absolute atomic E-state index is 10.00. The molecule has 0 amide bonds. The number of aromatic nitrogens is 3. The first-order valence-electron chi connectivity index (χ1n) is 10.5. The highest BCUT2D eigenvalue weighted by molar-refractivity contribution is 5.60. The number of phenolic OH excluding ortho intramolecular Hbond substituents is 1. The number of nitrogens with zero attached hydrogens (tertiary/aromatic N) is 4. The lowest BCUT2D eigenvalue weighted by Crippen LogP contribution is -2.51. The van der Waals surface area contributed by atoms with Gasteiger partial charge in [-0.05, 0) is 35.2 Å². The molecule has 0 saturated carbocycles. The van der Waals surface area contributed by atoms with Gasteiger partial charge >= 0.3 is 0 Å². The van der Waals surface area contributed by atoms with Crippen LogP contribution in [0.25, 0.3) is 17.1 Å². The molecule has 0 atom stereocenters. The van der Waals surface area contributed by atoms with Gasteiger partial charge in [-0.25, -0.2) is 9.67 Å². The molecule has 1 saturated heterocycles. The van der Waals surface area contributed by atoms with Gasteiger partial charge in [0.1, 0.15) is 25.4 Å². The van der Waals surface area contributed by atoms with Crippen molar-refractivity contribution in [1.82, 2.24) is 14.8 Å². The second kappa shape index (κ2) is 7.85. The summed E-state index contributed by atoms with van der Waals surface area (Å²) in [6.07, 6.45) is 0. The van der Waals surface area contributed by atoms with Crippen molar-refractivity contribution < 1.29 is 14.3 Å². The molecular formula is C24H31N4O2+. The Balaban J connectivity index is 1.75. The number of morpholine rings is 1. The van der Waals surface area contributed by atoms with E-state index in [0.29, 0.717) is 0 Å². The Bertz CT molecular complexity index is 1010. The van der Waals surface area contributed by atoms with Crippen LogP contribution >= 0.6 is 0 Å². The summed E-state index contributed by atoms with van der Waals surface area (Å²) in [5, 5.41) is 14.9. The first kappa shape index (κ1) is 20.6. The lowest BCUT2D eigenvalue weighted by atomic mass is 9.87. The van der Waals surface area contributed by atoms with Crippen LogP contribution in [0, 0.1) is 0 Å². The highest BCUT2D eigenvalue weighted by Crippen LogP contribution is 2.27. The molecule has 6 heteroatoms. The zero-order chi connectivity index (χ0) is 21.4. The van der Waals surface area contributed by atoms with Crippen molar-refractivity contribution in [1.29, 1.82) is 0 Å². The molecule has 1 aliphatic heterocycles. The van der Waals surface area contributed by atoms with Crippen LogP contribution < -0.4 is 0 Å². The smallest absolute Gasteiger partial charge is 0.206 e. The van der Waals surface area contributed by atoms with Crippen LogP contribution in [0.15, 0.2) is 48.5 Å². The van der Waals surface area contributed by atoms with Crippen molar-refractivity contribution >= 4 is 0 Å². The lowest BCUT2D eigenvalue weighted by Gasteiger charge is -2.36. The second-order valence-electron chi connectivity index (χ2n) is 9.45. The number of aromatic hydroxyl groups is 1. The van der Waals surface area contributed by atoms with Crippen LogP contribution in [-0.4, -0.2) is 57.7 Å². The Labute approximate surface area is 178 Å². The third-order valence-corrected chi connectivity index (χ3v) is 5.81. The molecule has 2 aromatic carbocycles. The van der Waals surface area contributed by atoms with Gasteiger partial charge in [-0.1, -0.05) is 45.0 Å². The van der Waals surface area contributed by atoms with E-state index in [2.05, 4.69) is 52.1 Å². The van der Waals surface area contributed by atoms with Crippen molar-refractivity contribution in [2.24, 2.45) is 0 Å². The first-order chi connectivity index (χ1) is 14.2. The fourth-order valence-corrected chi connectivity index (χ4v) is 3.82. The molecule has 0 aliphatic carbocycles. The Morgan fingerprint density at radius 2 is 1.77 bits per heavy atom. The first-order valence-corrected chi connectivity index (χ1v) is 10.5. The molecule has 6 nitrogen and oxygen atoms in total. The summed E-state index contributed by atoms with van der Waals surface area (Å²) in [6.45, 7) is 10.8. The highest BCUT2D eigenvalue weighted by atomic mass is 16.5. The number of likely N-dealkylation sites (N-methyl/N-ethyl adjacent to an activating group) is 1. The summed E-state index contributed by atoms with van der Waals surface area (Å²) in [5.41, 5.74) is 3.18. The maximum atomic E-state index is 10.00. The van der Waals surface area contributed by atoms with Crippen LogP contribution in [0.1, 0.15) is 32.2 Å². The van der Waals surface area contributed by atoms with Crippen LogP contribution in [0.2, 0.25) is 0 Å². The monoisotopic (exact) mass is 407 g/mol. The topological polar surface area (TPSA) is 60.2 Å². The van der Waals surface area contributed by atoms with Gasteiger partial charge in [0.25, 0.3) is 0 Å². The van der Waals surface area contributed by atoms with E-state index in [0.717, 1.165) is 60.2 Å². The maximum Gasteiger partial charge on any atom is 0.206 e. The predicted molar refractivity (Wildman–Crippen MR) is 118 cm³/mol. The Hall–Kier alpha value is -2.70. The Morgan fingerprint density at radius 3 is 2.40 bits per heavy atom. The predicted octanol–water partition coefficient (Wildman–Crippen LogP) is 3.91. The molecule has 2 heterocycles. The van der Waals surface area contributed by atoms with E-state index >= 15 is 0 Å². The number of quaternary nitrogens is 1. The van der Waals surface area contributed by atoms with Crippen LogP contribution in [0.5, 0.6) is 5.75 Å². The minimum Gasteiger partial charge on any atom is -0.508 e. The number of rotatable bonds is 4. The standard InChI is InChI=1S/C24H30N4O2/c1-24(2,3)19-8-10-20(11-9-19)27-23(18-6-5-7-21(29)16-18)25-22(26-27)17-28(4)12-14-30-15-13-28/h5-11,16H,12-15,17H2,1-4H3/p+1. The minimum atomic E-state index is 0.0925. The number of phenols is 1. The van der Waals surface area contributed by atoms with Gasteiger partial charge in [-0.15, -0.1) is 5.10 Å². The number of hydrogen-bond donors (Lipinski definition) is 1. The number of ether oxygens (including phenoxy) is 1. The molecule has 1 N–H and O–H groups in total. The molecule has 0 bridgehead atoms. The normalized spacial score (nSPS) is 16.5. The van der Waals surface area contributed by atoms with E-state index in [-0.39, 0.29) is 11.2 Å². The number of hydrogen-bond acceptors (Lipinski definition) is 4. The van der Waals surface area contributed by atoms with Gasteiger partial charge in [0.05, 0.1) is 25.9 Å². The van der Waals surface area contributed by atoms with Crippen molar-refractivity contribution in [2.75, 3.05) is 33.4 Å². The molecule has 3 aromatic rings. The summed E-state index contributed by atoms with van der Waals surface area (Å²) in [5.74, 6) is 1.76. The third kappa shape index (κ3) is 4.40. The molecule has 1 aromatic heterocycles. The fourth-order valence-electron chi connectivity index (χ4n) is 3.82. The largest absolute Gasteiger partial charge is 0.508 e. The highest BCUT2D eigenvalue weighted by Gasteiger charge is 2.28. The summed E-state index contributed by atoms with van der Waals surface area (Å²) in [4.78, 5) is 4.89. The van der Waals surface area contributed by atoms with Gasteiger partial charge in [0, 0.05) is 5.56 Å². The second-order valence-corrected chi connectivity index (χ2v) is 9.45. The zero-order valence-corrected chi connectivity index (χ0v) is 18.3. The van der Waals surface area contributed by atoms with Gasteiger partial charge in [0.2, 0.25) is 5.82 Å². The summed E-state index contributed by atoms with van der Waals surface area (Å²) in [7, 11) is 2.23. The fraction of sp³-hybridized carbons (Fsp3) is 0.417.